The van der Waals surface area contributed by atoms with Gasteiger partial charge >= 0.3 is 0 Å². The smallest absolute Gasteiger partial charge is 0.153 e. The van der Waals surface area contributed by atoms with Crippen LogP contribution in [-0.4, -0.2) is 16.2 Å². The molecule has 0 aliphatic heterocycles. The first-order valence-electron chi connectivity index (χ1n) is 11.3. The summed E-state index contributed by atoms with van der Waals surface area (Å²) in [7, 11) is 0. The highest BCUT2D eigenvalue weighted by Crippen LogP contribution is 2.28. The number of para-hydroxylation sites is 3. The molecule has 0 spiro atoms. The van der Waals surface area contributed by atoms with Gasteiger partial charge in [-0.2, -0.15) is 0 Å². The lowest BCUT2D eigenvalue weighted by atomic mass is 10.1. The first kappa shape index (κ1) is 22.9. The first-order valence-corrected chi connectivity index (χ1v) is 11.6. The molecule has 1 heterocycles. The van der Waals surface area contributed by atoms with Gasteiger partial charge in [-0.3, -0.25) is 0 Å². The molecule has 4 nitrogen and oxygen atoms in total. The van der Waals surface area contributed by atoms with Gasteiger partial charge in [0.1, 0.15) is 11.5 Å². The van der Waals surface area contributed by atoms with E-state index in [1.54, 1.807) is 0 Å². The molecule has 0 saturated carbocycles. The molecular formula is C28H29ClN2O2. The standard InChI is InChI=1S/C28H29ClN2O2/c1-4-10-22-11-5-8-14-27(22)32-18-9-17-31-26-13-7-6-12-25(26)30-28(31)21(3)33-23-15-16-24(29)20(2)19-23/h4-8,11-16,19,21H,1,9-10,17-18H2,2-3H3. The molecule has 0 saturated heterocycles. The third-order valence-electron chi connectivity index (χ3n) is 5.61. The van der Waals surface area contributed by atoms with Gasteiger partial charge in [0.2, 0.25) is 0 Å². The van der Waals surface area contributed by atoms with E-state index in [1.807, 2.05) is 74.5 Å². The van der Waals surface area contributed by atoms with Crippen LogP contribution in [0.3, 0.4) is 0 Å². The van der Waals surface area contributed by atoms with Crippen molar-refractivity contribution in [2.45, 2.75) is 39.3 Å². The maximum atomic E-state index is 6.24. The summed E-state index contributed by atoms with van der Waals surface area (Å²) in [5.74, 6) is 2.60. The van der Waals surface area contributed by atoms with Gasteiger partial charge in [-0.05, 0) is 74.2 Å². The minimum absolute atomic E-state index is 0.216. The van der Waals surface area contributed by atoms with Crippen LogP contribution in [0.5, 0.6) is 11.5 Å². The van der Waals surface area contributed by atoms with Crippen molar-refractivity contribution in [3.63, 3.8) is 0 Å². The zero-order valence-electron chi connectivity index (χ0n) is 19.1. The molecule has 4 aromatic rings. The summed E-state index contributed by atoms with van der Waals surface area (Å²) in [6, 6.07) is 22.0. The molecule has 0 radical (unpaired) electrons. The summed E-state index contributed by atoms with van der Waals surface area (Å²) in [6.07, 6.45) is 3.33. The van der Waals surface area contributed by atoms with Gasteiger partial charge in [-0.25, -0.2) is 4.98 Å². The minimum atomic E-state index is -0.216. The molecule has 0 aliphatic rings. The van der Waals surface area contributed by atoms with Crippen molar-refractivity contribution in [1.29, 1.82) is 0 Å². The van der Waals surface area contributed by atoms with E-state index in [9.17, 15) is 0 Å². The predicted octanol–water partition coefficient (Wildman–Crippen LogP) is 7.34. The number of ether oxygens (including phenoxy) is 2. The number of rotatable bonds is 10. The number of hydrogen-bond donors (Lipinski definition) is 0. The van der Waals surface area contributed by atoms with Gasteiger partial charge in [0.25, 0.3) is 0 Å². The number of benzene rings is 3. The molecule has 1 atom stereocenters. The first-order chi connectivity index (χ1) is 16.1. The van der Waals surface area contributed by atoms with Crippen LogP contribution in [0.4, 0.5) is 0 Å². The quantitative estimate of drug-likeness (QED) is 0.183. The van der Waals surface area contributed by atoms with Crippen LogP contribution in [0, 0.1) is 6.92 Å². The fourth-order valence-corrected chi connectivity index (χ4v) is 4.08. The van der Waals surface area contributed by atoms with Crippen LogP contribution in [0.15, 0.2) is 79.4 Å². The van der Waals surface area contributed by atoms with Gasteiger partial charge in [-0.15, -0.1) is 6.58 Å². The lowest BCUT2D eigenvalue weighted by Gasteiger charge is -2.18. The predicted molar refractivity (Wildman–Crippen MR) is 135 cm³/mol. The fraction of sp³-hybridized carbons (Fsp3) is 0.250. The van der Waals surface area contributed by atoms with E-state index in [-0.39, 0.29) is 6.10 Å². The number of halogens is 1. The Labute approximate surface area is 200 Å². The number of nitrogens with zero attached hydrogens (tertiary/aromatic N) is 2. The van der Waals surface area contributed by atoms with Crippen LogP contribution >= 0.6 is 11.6 Å². The largest absolute Gasteiger partial charge is 0.493 e. The van der Waals surface area contributed by atoms with Gasteiger partial charge in [0.15, 0.2) is 11.9 Å². The van der Waals surface area contributed by atoms with E-state index in [2.05, 4.69) is 23.3 Å². The Morgan fingerprint density at radius 3 is 2.70 bits per heavy atom. The third-order valence-corrected chi connectivity index (χ3v) is 6.03. The zero-order chi connectivity index (χ0) is 23.2. The molecule has 1 unspecified atom stereocenters. The van der Waals surface area contributed by atoms with Crippen LogP contribution in [0.1, 0.15) is 36.4 Å². The van der Waals surface area contributed by atoms with Gasteiger partial charge in [-0.1, -0.05) is 48.0 Å². The van der Waals surface area contributed by atoms with Crippen molar-refractivity contribution in [1.82, 2.24) is 9.55 Å². The summed E-state index contributed by atoms with van der Waals surface area (Å²) in [4.78, 5) is 4.88. The molecule has 170 valence electrons. The minimum Gasteiger partial charge on any atom is -0.493 e. The van der Waals surface area contributed by atoms with E-state index in [0.717, 1.165) is 63.9 Å². The number of aromatic nitrogens is 2. The van der Waals surface area contributed by atoms with E-state index >= 15 is 0 Å². The maximum Gasteiger partial charge on any atom is 0.153 e. The van der Waals surface area contributed by atoms with Crippen molar-refractivity contribution in [2.75, 3.05) is 6.61 Å². The second-order valence-electron chi connectivity index (χ2n) is 8.08. The molecule has 4 rings (SSSR count). The van der Waals surface area contributed by atoms with Gasteiger partial charge in [0.05, 0.1) is 17.6 Å². The molecule has 0 fully saturated rings. The number of aryl methyl sites for hydroxylation is 2. The summed E-state index contributed by atoms with van der Waals surface area (Å²) < 4.78 is 14.6. The SMILES string of the molecule is C=CCc1ccccc1OCCCn1c(C(C)Oc2ccc(Cl)c(C)c2)nc2ccccc21. The average molecular weight is 461 g/mol. The Hall–Kier alpha value is -3.24. The van der Waals surface area contributed by atoms with Crippen LogP contribution in [0.25, 0.3) is 11.0 Å². The highest BCUT2D eigenvalue weighted by Gasteiger charge is 2.18. The second kappa shape index (κ2) is 10.6. The molecule has 3 aromatic carbocycles. The molecular weight excluding hydrogens is 432 g/mol. The maximum absolute atomic E-state index is 6.24. The van der Waals surface area contributed by atoms with E-state index in [4.69, 9.17) is 26.1 Å². The van der Waals surface area contributed by atoms with E-state index in [1.165, 1.54) is 0 Å². The molecule has 0 bridgehead atoms. The van der Waals surface area contributed by atoms with Crippen molar-refractivity contribution < 1.29 is 9.47 Å². The molecule has 33 heavy (non-hydrogen) atoms. The summed E-state index contributed by atoms with van der Waals surface area (Å²) >= 11 is 6.17. The average Bonchev–Trinajstić information content (AvgIpc) is 3.19. The summed E-state index contributed by atoms with van der Waals surface area (Å²) in [5, 5.41) is 0.733. The zero-order valence-corrected chi connectivity index (χ0v) is 19.9. The van der Waals surface area contributed by atoms with Crippen LogP contribution in [0.2, 0.25) is 5.02 Å². The molecule has 0 N–H and O–H groups in total. The molecule has 0 aliphatic carbocycles. The summed E-state index contributed by atoms with van der Waals surface area (Å²) in [5.41, 5.74) is 4.21. The van der Waals surface area contributed by atoms with Crippen LogP contribution < -0.4 is 9.47 Å². The monoisotopic (exact) mass is 460 g/mol. The van der Waals surface area contributed by atoms with Crippen molar-refractivity contribution in [2.24, 2.45) is 0 Å². The summed E-state index contributed by atoms with van der Waals surface area (Å²) in [6.45, 7) is 9.24. The Kier molecular flexibility index (Phi) is 7.36. The number of fused-ring (bicyclic) bond motifs is 1. The molecule has 5 heteroatoms. The van der Waals surface area contributed by atoms with Crippen molar-refractivity contribution in [3.8, 4) is 11.5 Å². The topological polar surface area (TPSA) is 36.3 Å². The Morgan fingerprint density at radius 1 is 1.09 bits per heavy atom. The molecule has 1 aromatic heterocycles. The Morgan fingerprint density at radius 2 is 1.88 bits per heavy atom. The second-order valence-corrected chi connectivity index (χ2v) is 8.49. The lowest BCUT2D eigenvalue weighted by Crippen LogP contribution is -2.14. The lowest BCUT2D eigenvalue weighted by molar-refractivity contribution is 0.209. The van der Waals surface area contributed by atoms with Crippen LogP contribution in [-0.2, 0) is 13.0 Å². The van der Waals surface area contributed by atoms with Gasteiger partial charge in [0, 0.05) is 11.6 Å². The van der Waals surface area contributed by atoms with E-state index in [0.29, 0.717) is 6.61 Å². The third kappa shape index (κ3) is 5.40. The fourth-order valence-electron chi connectivity index (χ4n) is 3.96. The normalized spacial score (nSPS) is 12.0. The van der Waals surface area contributed by atoms with Crippen molar-refractivity contribution >= 4 is 22.6 Å². The Bertz CT molecular complexity index is 1250. The highest BCUT2D eigenvalue weighted by molar-refractivity contribution is 6.31. The highest BCUT2D eigenvalue weighted by atomic mass is 35.5. The number of allylic oxidation sites excluding steroid dienone is 1. The number of imidazole rings is 1. The molecule has 0 amide bonds. The van der Waals surface area contributed by atoms with Gasteiger partial charge < -0.3 is 14.0 Å². The van der Waals surface area contributed by atoms with Crippen molar-refractivity contribution in [3.05, 3.63) is 101 Å². The Balaban J connectivity index is 1.49. The number of hydrogen-bond acceptors (Lipinski definition) is 3. The van der Waals surface area contributed by atoms with E-state index < -0.39 is 0 Å².